The van der Waals surface area contributed by atoms with Crippen LogP contribution >= 0.6 is 22.2 Å². The highest BCUT2D eigenvalue weighted by Crippen LogP contribution is 2.04. The van der Waals surface area contributed by atoms with Crippen molar-refractivity contribution >= 4 is 29.0 Å². The Morgan fingerprint density at radius 3 is 1.83 bits per heavy atom. The van der Waals surface area contributed by atoms with Gasteiger partial charge in [0.2, 0.25) is 0 Å². The Hall–Kier alpha value is 0.497. The predicted molar refractivity (Wildman–Crippen MR) is 31.8 cm³/mol. The van der Waals surface area contributed by atoms with Crippen molar-refractivity contribution in [3.63, 3.8) is 0 Å². The molecule has 0 aromatic heterocycles. The molecule has 0 amide bonds. The minimum Gasteiger partial charge on any atom is -0.324 e. The second-order valence-corrected chi connectivity index (χ2v) is 6.97. The van der Waals surface area contributed by atoms with Crippen molar-refractivity contribution in [1.29, 1.82) is 0 Å². The van der Waals surface area contributed by atoms with Gasteiger partial charge in [0.1, 0.15) is 0 Å². The summed E-state index contributed by atoms with van der Waals surface area (Å²) in [5.74, 6) is 0. The van der Waals surface area contributed by atoms with Crippen molar-refractivity contribution in [2.24, 2.45) is 5.40 Å². The average Bonchev–Trinajstić information content (AvgIpc) is 1.35. The molecule has 0 bridgehead atoms. The van der Waals surface area contributed by atoms with Crippen LogP contribution in [0.2, 0.25) is 0 Å². The molecule has 0 aromatic rings. The average molecular weight is 142 g/mol. The first-order valence-corrected chi connectivity index (χ1v) is 5.54. The summed E-state index contributed by atoms with van der Waals surface area (Å²) < 4.78 is 0. The zero-order valence-corrected chi connectivity index (χ0v) is 5.63. The van der Waals surface area contributed by atoms with E-state index in [1.165, 1.54) is 5.70 Å². The van der Waals surface area contributed by atoms with Crippen LogP contribution < -0.4 is 5.40 Å². The molecule has 0 radical (unpaired) electrons. The number of halogens is 2. The fourth-order valence-electron chi connectivity index (χ4n) is 0. The number of rotatable bonds is 1. The molecule has 0 rings (SSSR count). The van der Waals surface area contributed by atoms with Crippen molar-refractivity contribution < 1.29 is 0 Å². The van der Waals surface area contributed by atoms with Crippen LogP contribution in [-0.4, -0.2) is 6.86 Å². The second kappa shape index (κ2) is 1.98. The smallest absolute Gasteiger partial charge is 0.324 e. The van der Waals surface area contributed by atoms with Gasteiger partial charge in [-0.05, 0) is 0 Å². The van der Waals surface area contributed by atoms with E-state index < -0.39 is 6.86 Å². The van der Waals surface area contributed by atoms with Crippen molar-refractivity contribution in [1.82, 2.24) is 0 Å². The van der Waals surface area contributed by atoms with Crippen molar-refractivity contribution in [3.05, 3.63) is 12.3 Å². The molecule has 0 saturated heterocycles. The van der Waals surface area contributed by atoms with Gasteiger partial charge in [-0.15, -0.1) is 28.7 Å². The van der Waals surface area contributed by atoms with E-state index in [-0.39, 0.29) is 0 Å². The van der Waals surface area contributed by atoms with Gasteiger partial charge >= 0.3 is 6.86 Å². The Morgan fingerprint density at radius 1 is 1.67 bits per heavy atom. The fraction of sp³-hybridized carbons (Fsp3) is 0. The van der Waals surface area contributed by atoms with Gasteiger partial charge in [-0.2, -0.15) is 0 Å². The minimum absolute atomic E-state index is 1.39. The van der Waals surface area contributed by atoms with E-state index in [4.69, 9.17) is 27.6 Å². The lowest BCUT2D eigenvalue weighted by Gasteiger charge is -1.96. The van der Waals surface area contributed by atoms with Crippen LogP contribution in [0.1, 0.15) is 0 Å². The minimum atomic E-state index is -2.42. The maximum absolute atomic E-state index is 5.28. The molecule has 0 heterocycles. The second-order valence-electron chi connectivity index (χ2n) is 0.879. The molecular weight excluding hydrogens is 137 g/mol. The first-order valence-electron chi connectivity index (χ1n) is 1.36. The summed E-state index contributed by atoms with van der Waals surface area (Å²) in [5.41, 5.74) is 1.39. The summed E-state index contributed by atoms with van der Waals surface area (Å²) in [6, 6.07) is 0. The molecule has 36 valence electrons. The highest BCUT2D eigenvalue weighted by molar-refractivity contribution is 7.46. The van der Waals surface area contributed by atoms with Crippen molar-refractivity contribution in [3.8, 4) is 0 Å². The number of nitrogens with two attached hydrogens (primary N) is 1. The SMILES string of the molecule is C=C[Si](N)(Cl)Cl. The van der Waals surface area contributed by atoms with Gasteiger partial charge in [0, 0.05) is 0 Å². The third-order valence-electron chi connectivity index (χ3n) is 0.272. The van der Waals surface area contributed by atoms with Crippen LogP contribution in [0.15, 0.2) is 12.3 Å². The Morgan fingerprint density at radius 2 is 1.83 bits per heavy atom. The number of hydrogen-bond acceptors (Lipinski definition) is 1. The molecule has 0 aromatic carbocycles. The van der Waals surface area contributed by atoms with E-state index in [1.54, 1.807) is 0 Å². The van der Waals surface area contributed by atoms with Gasteiger partial charge in [-0.25, -0.2) is 0 Å². The lowest BCUT2D eigenvalue weighted by Crippen LogP contribution is -2.29. The van der Waals surface area contributed by atoms with Crippen LogP contribution in [-0.2, 0) is 0 Å². The van der Waals surface area contributed by atoms with Crippen LogP contribution in [0, 0.1) is 0 Å². The molecule has 6 heavy (non-hydrogen) atoms. The largest absolute Gasteiger partial charge is 0.343 e. The number of hydrogen-bond donors (Lipinski definition) is 1. The summed E-state index contributed by atoms with van der Waals surface area (Å²) >= 11 is 10.6. The summed E-state index contributed by atoms with van der Waals surface area (Å²) in [4.78, 5) is 0. The molecular formula is C2H5Cl2NSi. The standard InChI is InChI=1S/C2H5Cl2NSi/c1-2-6(3,4)5/h2H,1,5H2. The quantitative estimate of drug-likeness (QED) is 0.430. The summed E-state index contributed by atoms with van der Waals surface area (Å²) in [6.45, 7) is 0.882. The Labute approximate surface area is 47.2 Å². The van der Waals surface area contributed by atoms with Crippen molar-refractivity contribution in [2.75, 3.05) is 0 Å². The molecule has 4 heteroatoms. The van der Waals surface area contributed by atoms with Crippen LogP contribution in [0.25, 0.3) is 0 Å². The van der Waals surface area contributed by atoms with Crippen LogP contribution in [0.5, 0.6) is 0 Å². The Balaban J connectivity index is 3.45. The summed E-state index contributed by atoms with van der Waals surface area (Å²) in [6.07, 6.45) is 0. The zero-order valence-electron chi connectivity index (χ0n) is 3.12. The highest BCUT2D eigenvalue weighted by Gasteiger charge is 2.14. The molecule has 0 fully saturated rings. The third-order valence-corrected chi connectivity index (χ3v) is 1.74. The first kappa shape index (κ1) is 6.50. The highest BCUT2D eigenvalue weighted by atomic mass is 35.7. The van der Waals surface area contributed by atoms with Gasteiger partial charge < -0.3 is 5.40 Å². The molecule has 0 spiro atoms. The molecule has 0 aliphatic heterocycles. The fourth-order valence-corrected chi connectivity index (χ4v) is 0. The van der Waals surface area contributed by atoms with E-state index in [9.17, 15) is 0 Å². The summed E-state index contributed by atoms with van der Waals surface area (Å²) in [7, 11) is 0. The topological polar surface area (TPSA) is 26.0 Å². The maximum atomic E-state index is 5.28. The van der Waals surface area contributed by atoms with Gasteiger partial charge in [0.25, 0.3) is 0 Å². The molecule has 0 saturated carbocycles. The van der Waals surface area contributed by atoms with Gasteiger partial charge in [-0.3, -0.25) is 0 Å². The van der Waals surface area contributed by atoms with Crippen LogP contribution in [0.4, 0.5) is 0 Å². The molecule has 0 aliphatic rings. The Kier molecular flexibility index (Phi) is 2.14. The van der Waals surface area contributed by atoms with Gasteiger partial charge in [0.15, 0.2) is 0 Å². The van der Waals surface area contributed by atoms with E-state index in [0.29, 0.717) is 0 Å². The lowest BCUT2D eigenvalue weighted by atomic mass is 11.3. The van der Waals surface area contributed by atoms with E-state index >= 15 is 0 Å². The van der Waals surface area contributed by atoms with E-state index in [1.807, 2.05) is 0 Å². The van der Waals surface area contributed by atoms with Crippen LogP contribution in [0.3, 0.4) is 0 Å². The lowest BCUT2D eigenvalue weighted by molar-refractivity contribution is 1.88. The molecule has 0 aliphatic carbocycles. The maximum Gasteiger partial charge on any atom is 0.343 e. The van der Waals surface area contributed by atoms with E-state index in [2.05, 4.69) is 6.58 Å². The zero-order chi connectivity index (χ0) is 5.21. The van der Waals surface area contributed by atoms with Crippen molar-refractivity contribution in [2.45, 2.75) is 0 Å². The summed E-state index contributed by atoms with van der Waals surface area (Å²) in [5, 5.41) is 5.09. The molecule has 0 unspecified atom stereocenters. The third kappa shape index (κ3) is 4.50. The monoisotopic (exact) mass is 141 g/mol. The van der Waals surface area contributed by atoms with Gasteiger partial charge in [-0.1, -0.05) is 5.70 Å². The normalized spacial score (nSPS) is 11.2. The Bertz CT molecular complexity index is 57.1. The molecule has 1 nitrogen and oxygen atoms in total. The molecule has 2 N–H and O–H groups in total. The predicted octanol–water partition coefficient (Wildman–Crippen LogP) is 1.09. The first-order chi connectivity index (χ1) is 2.56. The van der Waals surface area contributed by atoms with E-state index in [0.717, 1.165) is 0 Å². The van der Waals surface area contributed by atoms with Gasteiger partial charge in [0.05, 0.1) is 0 Å². The molecule has 0 atom stereocenters.